The van der Waals surface area contributed by atoms with Gasteiger partial charge in [-0.1, -0.05) is 61.3 Å². The fourth-order valence-electron chi connectivity index (χ4n) is 5.63. The molecule has 0 aromatic heterocycles. The van der Waals surface area contributed by atoms with Crippen LogP contribution in [0.5, 0.6) is 0 Å². The van der Waals surface area contributed by atoms with E-state index in [0.29, 0.717) is 16.6 Å². The number of hydrogen-bond donors (Lipinski definition) is 0. The lowest BCUT2D eigenvalue weighted by molar-refractivity contribution is -0.131. The number of carbonyl (C=O) groups is 1. The summed E-state index contributed by atoms with van der Waals surface area (Å²) >= 11 is 14.0. The number of thioether (sulfide) groups is 1. The first kappa shape index (κ1) is 25.7. The molecule has 3 aliphatic rings. The number of amidine groups is 1. The third-order valence-electron chi connectivity index (χ3n) is 7.45. The van der Waals surface area contributed by atoms with Crippen molar-refractivity contribution in [1.82, 2.24) is 14.7 Å². The molecule has 2 aromatic carbocycles. The van der Waals surface area contributed by atoms with Gasteiger partial charge in [-0.3, -0.25) is 4.79 Å². The molecule has 1 saturated heterocycles. The number of likely N-dealkylation sites (tertiary alicyclic amines) is 1. The van der Waals surface area contributed by atoms with Gasteiger partial charge in [0.15, 0.2) is 5.17 Å². The van der Waals surface area contributed by atoms with Crippen molar-refractivity contribution in [3.63, 3.8) is 0 Å². The third kappa shape index (κ3) is 4.26. The van der Waals surface area contributed by atoms with Crippen molar-refractivity contribution in [3.8, 4) is 0 Å². The van der Waals surface area contributed by atoms with Crippen LogP contribution in [0, 0.1) is 5.92 Å². The van der Waals surface area contributed by atoms with Gasteiger partial charge in [0.25, 0.3) is 5.91 Å². The summed E-state index contributed by atoms with van der Waals surface area (Å²) in [5.41, 5.74) is 2.68. The highest BCUT2D eigenvalue weighted by Crippen LogP contribution is 2.56. The van der Waals surface area contributed by atoms with Gasteiger partial charge in [0.2, 0.25) is 0 Å². The molecule has 2 atom stereocenters. The van der Waals surface area contributed by atoms with Crippen LogP contribution in [0.25, 0.3) is 0 Å². The highest BCUT2D eigenvalue weighted by Gasteiger charge is 2.53. The SMILES string of the molecule is CCN(C(=O)C1=C(C(C)C)N2C(=N[C@@](C)(c3ccc(Cl)cc3)[C@H]2c2ccc(Cl)cc2)S1)C1CN(C)C1. The Balaban J connectivity index is 1.61. The molecule has 0 saturated carbocycles. The fourth-order valence-corrected chi connectivity index (χ4v) is 7.24. The average molecular weight is 544 g/mol. The summed E-state index contributed by atoms with van der Waals surface area (Å²) in [6.45, 7) is 11.1. The smallest absolute Gasteiger partial charge is 0.262 e. The van der Waals surface area contributed by atoms with Crippen LogP contribution in [0.2, 0.25) is 10.0 Å². The first-order chi connectivity index (χ1) is 17.1. The monoisotopic (exact) mass is 542 g/mol. The Labute approximate surface area is 228 Å². The molecular formula is C28H32Cl2N4OS. The Bertz CT molecular complexity index is 1220. The van der Waals surface area contributed by atoms with Crippen LogP contribution >= 0.6 is 35.0 Å². The van der Waals surface area contributed by atoms with Crippen molar-refractivity contribution >= 4 is 46.0 Å². The van der Waals surface area contributed by atoms with Crippen LogP contribution in [-0.2, 0) is 10.3 Å². The van der Waals surface area contributed by atoms with Crippen LogP contribution in [0.1, 0.15) is 44.9 Å². The standard InChI is InChI=1S/C28H32Cl2N4OS/c1-6-33(22-15-32(5)16-22)26(35)24-23(17(2)3)34-25(18-7-11-20(29)12-8-18)28(4,31-27(34)36-24)19-9-13-21(30)14-10-19/h7-14,17,22,25H,6,15-16H2,1-5H3/t25-,28+/m1/s1. The van der Waals surface area contributed by atoms with Crippen LogP contribution in [-0.4, -0.2) is 58.5 Å². The Morgan fingerprint density at radius 2 is 1.69 bits per heavy atom. The second-order valence-electron chi connectivity index (χ2n) is 10.3. The average Bonchev–Trinajstić information content (AvgIpc) is 3.32. The van der Waals surface area contributed by atoms with Crippen molar-refractivity contribution in [1.29, 1.82) is 0 Å². The first-order valence-electron chi connectivity index (χ1n) is 12.5. The molecule has 0 N–H and O–H groups in total. The third-order valence-corrected chi connectivity index (χ3v) is 9.02. The fraction of sp³-hybridized carbons (Fsp3) is 0.429. The second-order valence-corrected chi connectivity index (χ2v) is 12.2. The lowest BCUT2D eigenvalue weighted by atomic mass is 9.81. The van der Waals surface area contributed by atoms with E-state index in [9.17, 15) is 4.79 Å². The van der Waals surface area contributed by atoms with Gasteiger partial charge in [-0.2, -0.15) is 0 Å². The van der Waals surface area contributed by atoms with E-state index in [1.165, 1.54) is 11.8 Å². The highest BCUT2D eigenvalue weighted by molar-refractivity contribution is 8.18. The number of benzene rings is 2. The number of likely N-dealkylation sites (N-methyl/N-ethyl adjacent to an activating group) is 2. The van der Waals surface area contributed by atoms with E-state index < -0.39 is 5.54 Å². The van der Waals surface area contributed by atoms with E-state index in [2.05, 4.69) is 68.8 Å². The van der Waals surface area contributed by atoms with Gasteiger partial charge in [-0.25, -0.2) is 4.99 Å². The number of allylic oxidation sites excluding steroid dienone is 1. The predicted molar refractivity (Wildman–Crippen MR) is 150 cm³/mol. The maximum Gasteiger partial charge on any atom is 0.262 e. The molecular weight excluding hydrogens is 511 g/mol. The van der Waals surface area contributed by atoms with E-state index in [4.69, 9.17) is 28.2 Å². The highest BCUT2D eigenvalue weighted by atomic mass is 35.5. The summed E-state index contributed by atoms with van der Waals surface area (Å²) < 4.78 is 0. The van der Waals surface area contributed by atoms with Crippen molar-refractivity contribution in [2.75, 3.05) is 26.7 Å². The molecule has 1 fully saturated rings. The summed E-state index contributed by atoms with van der Waals surface area (Å²) in [4.78, 5) is 26.6. The topological polar surface area (TPSA) is 39.2 Å². The second kappa shape index (κ2) is 9.71. The Morgan fingerprint density at radius 3 is 2.22 bits per heavy atom. The number of fused-ring (bicyclic) bond motifs is 1. The number of carbonyl (C=O) groups excluding carboxylic acids is 1. The van der Waals surface area contributed by atoms with Crippen LogP contribution in [0.3, 0.4) is 0 Å². The summed E-state index contributed by atoms with van der Waals surface area (Å²) in [6.07, 6.45) is 0. The lowest BCUT2D eigenvalue weighted by Crippen LogP contribution is -2.59. The number of halogens is 2. The van der Waals surface area contributed by atoms with Gasteiger partial charge in [0.05, 0.1) is 12.1 Å². The molecule has 5 nitrogen and oxygen atoms in total. The molecule has 8 heteroatoms. The van der Waals surface area contributed by atoms with E-state index in [1.807, 2.05) is 29.2 Å². The van der Waals surface area contributed by atoms with Crippen molar-refractivity contribution in [2.45, 2.75) is 45.3 Å². The zero-order chi connectivity index (χ0) is 25.8. The molecule has 5 rings (SSSR count). The molecule has 3 aliphatic heterocycles. The van der Waals surface area contributed by atoms with Crippen LogP contribution in [0.4, 0.5) is 0 Å². The summed E-state index contributed by atoms with van der Waals surface area (Å²) in [5, 5.41) is 2.27. The van der Waals surface area contributed by atoms with E-state index in [-0.39, 0.29) is 23.9 Å². The largest absolute Gasteiger partial charge is 0.333 e. The van der Waals surface area contributed by atoms with Gasteiger partial charge < -0.3 is 14.7 Å². The Hall–Kier alpha value is -1.99. The van der Waals surface area contributed by atoms with Gasteiger partial charge in [0, 0.05) is 35.4 Å². The molecule has 0 unspecified atom stereocenters. The van der Waals surface area contributed by atoms with E-state index in [0.717, 1.165) is 40.0 Å². The molecule has 3 heterocycles. The number of rotatable bonds is 6. The minimum Gasteiger partial charge on any atom is -0.333 e. The maximum absolute atomic E-state index is 13.9. The van der Waals surface area contributed by atoms with Crippen molar-refractivity contribution in [2.24, 2.45) is 10.9 Å². The minimum atomic E-state index is -0.559. The van der Waals surface area contributed by atoms with Gasteiger partial charge in [0.1, 0.15) is 10.4 Å². The number of hydrogen-bond acceptors (Lipinski definition) is 5. The molecule has 36 heavy (non-hydrogen) atoms. The van der Waals surface area contributed by atoms with Crippen molar-refractivity contribution in [3.05, 3.63) is 80.3 Å². The van der Waals surface area contributed by atoms with Crippen molar-refractivity contribution < 1.29 is 4.79 Å². The summed E-state index contributed by atoms with van der Waals surface area (Å²) in [5.74, 6) is 0.263. The van der Waals surface area contributed by atoms with Gasteiger partial charge in [-0.05, 0) is 74.0 Å². The number of amides is 1. The molecule has 0 aliphatic carbocycles. The lowest BCUT2D eigenvalue weighted by Gasteiger charge is -2.43. The molecule has 0 bridgehead atoms. The zero-order valence-electron chi connectivity index (χ0n) is 21.3. The molecule has 1 amide bonds. The normalized spacial score (nSPS) is 24.3. The molecule has 190 valence electrons. The number of aliphatic imine (C=N–C) groups is 1. The first-order valence-corrected chi connectivity index (χ1v) is 14.0. The molecule has 0 spiro atoms. The summed E-state index contributed by atoms with van der Waals surface area (Å²) in [6, 6.07) is 16.1. The van der Waals surface area contributed by atoms with E-state index >= 15 is 0 Å². The van der Waals surface area contributed by atoms with Crippen LogP contribution in [0.15, 0.2) is 64.1 Å². The molecule has 2 aromatic rings. The maximum atomic E-state index is 13.9. The van der Waals surface area contributed by atoms with Crippen LogP contribution < -0.4 is 0 Å². The zero-order valence-corrected chi connectivity index (χ0v) is 23.7. The minimum absolute atomic E-state index is 0.115. The Morgan fingerprint density at radius 1 is 1.11 bits per heavy atom. The molecule has 0 radical (unpaired) electrons. The van der Waals surface area contributed by atoms with E-state index in [1.54, 1.807) is 0 Å². The number of nitrogens with zero attached hydrogens (tertiary/aromatic N) is 4. The van der Waals surface area contributed by atoms with Gasteiger partial charge in [-0.15, -0.1) is 0 Å². The summed E-state index contributed by atoms with van der Waals surface area (Å²) in [7, 11) is 2.09. The predicted octanol–water partition coefficient (Wildman–Crippen LogP) is 6.40. The van der Waals surface area contributed by atoms with Gasteiger partial charge >= 0.3 is 0 Å². The Kier molecular flexibility index (Phi) is 6.92. The quantitative estimate of drug-likeness (QED) is 0.423.